The van der Waals surface area contributed by atoms with Crippen LogP contribution in [0, 0.1) is 0 Å². The minimum atomic E-state index is -0.228. The Hall–Kier alpha value is -2.67. The van der Waals surface area contributed by atoms with Gasteiger partial charge < -0.3 is 20.1 Å². The van der Waals surface area contributed by atoms with Crippen LogP contribution in [0.4, 0.5) is 11.6 Å². The Labute approximate surface area is 141 Å². The van der Waals surface area contributed by atoms with Gasteiger partial charge >= 0.3 is 0 Å². The van der Waals surface area contributed by atoms with E-state index < -0.39 is 0 Å². The SMILES string of the molecule is COCCNC(=O)c1cnc(Nc2ccc(OC(C)C)cc2)nc1. The number of carbonyl (C=O) groups is 1. The van der Waals surface area contributed by atoms with Crippen LogP contribution in [0.25, 0.3) is 0 Å². The van der Waals surface area contributed by atoms with Crippen molar-refractivity contribution in [2.45, 2.75) is 20.0 Å². The number of anilines is 2. The van der Waals surface area contributed by atoms with Crippen LogP contribution in [0.3, 0.4) is 0 Å². The van der Waals surface area contributed by atoms with Gasteiger partial charge in [-0.05, 0) is 38.1 Å². The number of rotatable bonds is 8. The summed E-state index contributed by atoms with van der Waals surface area (Å²) >= 11 is 0. The number of hydrogen-bond donors (Lipinski definition) is 2. The molecule has 0 fully saturated rings. The summed E-state index contributed by atoms with van der Waals surface area (Å²) in [4.78, 5) is 20.1. The molecule has 1 aromatic carbocycles. The molecule has 1 aromatic heterocycles. The Kier molecular flexibility index (Phi) is 6.51. The van der Waals surface area contributed by atoms with Gasteiger partial charge in [-0.1, -0.05) is 0 Å². The lowest BCUT2D eigenvalue weighted by Crippen LogP contribution is -2.27. The molecule has 2 aromatic rings. The van der Waals surface area contributed by atoms with Gasteiger partial charge in [0.15, 0.2) is 0 Å². The van der Waals surface area contributed by atoms with E-state index in [2.05, 4.69) is 20.6 Å². The van der Waals surface area contributed by atoms with Crippen molar-refractivity contribution in [1.29, 1.82) is 0 Å². The average Bonchev–Trinajstić information content (AvgIpc) is 2.57. The van der Waals surface area contributed by atoms with Gasteiger partial charge in [-0.3, -0.25) is 4.79 Å². The quantitative estimate of drug-likeness (QED) is 0.723. The minimum absolute atomic E-state index is 0.134. The van der Waals surface area contributed by atoms with Crippen LogP contribution in [-0.4, -0.2) is 42.2 Å². The molecular weight excluding hydrogens is 308 g/mol. The number of methoxy groups -OCH3 is 1. The Balaban J connectivity index is 1.92. The summed E-state index contributed by atoms with van der Waals surface area (Å²) in [5.74, 6) is 0.995. The molecule has 2 rings (SSSR count). The van der Waals surface area contributed by atoms with E-state index in [1.807, 2.05) is 38.1 Å². The summed E-state index contributed by atoms with van der Waals surface area (Å²) in [7, 11) is 1.58. The standard InChI is InChI=1S/C17H22N4O3/c1-12(2)24-15-6-4-14(5-7-15)21-17-19-10-13(11-20-17)16(22)18-8-9-23-3/h4-7,10-12H,8-9H2,1-3H3,(H,18,22)(H,19,20,21). The number of ether oxygens (including phenoxy) is 2. The van der Waals surface area contributed by atoms with Gasteiger partial charge in [0.05, 0.1) is 18.3 Å². The predicted molar refractivity (Wildman–Crippen MR) is 91.7 cm³/mol. The molecule has 2 N–H and O–H groups in total. The van der Waals surface area contributed by atoms with Crippen LogP contribution in [0.1, 0.15) is 24.2 Å². The topological polar surface area (TPSA) is 85.4 Å². The maximum Gasteiger partial charge on any atom is 0.254 e. The molecule has 0 aliphatic rings. The molecule has 0 bridgehead atoms. The molecule has 0 unspecified atom stereocenters. The van der Waals surface area contributed by atoms with E-state index >= 15 is 0 Å². The number of amides is 1. The molecule has 7 heteroatoms. The molecule has 0 radical (unpaired) electrons. The number of carbonyl (C=O) groups excluding carboxylic acids is 1. The highest BCUT2D eigenvalue weighted by molar-refractivity contribution is 5.93. The van der Waals surface area contributed by atoms with Crippen molar-refractivity contribution in [2.24, 2.45) is 0 Å². The largest absolute Gasteiger partial charge is 0.491 e. The second kappa shape index (κ2) is 8.83. The van der Waals surface area contributed by atoms with E-state index in [0.29, 0.717) is 24.7 Å². The lowest BCUT2D eigenvalue weighted by atomic mass is 10.3. The first-order valence-electron chi connectivity index (χ1n) is 7.71. The fourth-order valence-corrected chi connectivity index (χ4v) is 1.90. The number of benzene rings is 1. The summed E-state index contributed by atoms with van der Waals surface area (Å²) in [6, 6.07) is 7.51. The second-order valence-electron chi connectivity index (χ2n) is 5.36. The van der Waals surface area contributed by atoms with Crippen molar-refractivity contribution >= 4 is 17.5 Å². The summed E-state index contributed by atoms with van der Waals surface area (Å²) in [6.45, 7) is 4.86. The van der Waals surface area contributed by atoms with Gasteiger partial charge in [-0.25, -0.2) is 9.97 Å². The van der Waals surface area contributed by atoms with Crippen molar-refractivity contribution in [3.63, 3.8) is 0 Å². The molecule has 0 atom stereocenters. The molecule has 24 heavy (non-hydrogen) atoms. The summed E-state index contributed by atoms with van der Waals surface area (Å²) in [6.07, 6.45) is 3.09. The third-order valence-corrected chi connectivity index (χ3v) is 2.99. The number of nitrogens with one attached hydrogen (secondary N) is 2. The zero-order chi connectivity index (χ0) is 17.4. The van der Waals surface area contributed by atoms with Gasteiger partial charge in [0, 0.05) is 31.7 Å². The van der Waals surface area contributed by atoms with Crippen molar-refractivity contribution in [2.75, 3.05) is 25.6 Å². The summed E-state index contributed by atoms with van der Waals surface area (Å²) < 4.78 is 10.5. The van der Waals surface area contributed by atoms with Crippen molar-refractivity contribution in [1.82, 2.24) is 15.3 Å². The molecule has 0 spiro atoms. The fourth-order valence-electron chi connectivity index (χ4n) is 1.90. The van der Waals surface area contributed by atoms with Crippen molar-refractivity contribution < 1.29 is 14.3 Å². The molecule has 0 aliphatic heterocycles. The monoisotopic (exact) mass is 330 g/mol. The lowest BCUT2D eigenvalue weighted by Gasteiger charge is -2.10. The van der Waals surface area contributed by atoms with Crippen LogP contribution in [-0.2, 0) is 4.74 Å². The zero-order valence-electron chi connectivity index (χ0n) is 14.1. The Morgan fingerprint density at radius 1 is 1.17 bits per heavy atom. The fraction of sp³-hybridized carbons (Fsp3) is 0.353. The minimum Gasteiger partial charge on any atom is -0.491 e. The zero-order valence-corrected chi connectivity index (χ0v) is 14.1. The molecule has 128 valence electrons. The Morgan fingerprint density at radius 3 is 2.42 bits per heavy atom. The third kappa shape index (κ3) is 5.51. The van der Waals surface area contributed by atoms with E-state index in [9.17, 15) is 4.79 Å². The van der Waals surface area contributed by atoms with Crippen molar-refractivity contribution in [3.05, 3.63) is 42.2 Å². The molecular formula is C17H22N4O3. The maximum atomic E-state index is 11.8. The van der Waals surface area contributed by atoms with Crippen LogP contribution < -0.4 is 15.4 Å². The van der Waals surface area contributed by atoms with E-state index in [1.54, 1.807) is 7.11 Å². The van der Waals surface area contributed by atoms with Gasteiger partial charge in [-0.15, -0.1) is 0 Å². The highest BCUT2D eigenvalue weighted by Crippen LogP contribution is 2.19. The molecule has 0 aliphatic carbocycles. The highest BCUT2D eigenvalue weighted by atomic mass is 16.5. The summed E-state index contributed by atoms with van der Waals surface area (Å²) in [5, 5.41) is 5.79. The first-order valence-corrected chi connectivity index (χ1v) is 7.71. The van der Waals surface area contributed by atoms with Crippen LogP contribution in [0.5, 0.6) is 5.75 Å². The number of nitrogens with zero attached hydrogens (tertiary/aromatic N) is 2. The molecule has 0 saturated carbocycles. The van der Waals surface area contributed by atoms with Gasteiger partial charge in [-0.2, -0.15) is 0 Å². The van der Waals surface area contributed by atoms with Crippen LogP contribution >= 0.6 is 0 Å². The first-order chi connectivity index (χ1) is 11.6. The number of aromatic nitrogens is 2. The highest BCUT2D eigenvalue weighted by Gasteiger charge is 2.07. The summed E-state index contributed by atoms with van der Waals surface area (Å²) in [5.41, 5.74) is 1.24. The normalized spacial score (nSPS) is 10.5. The Morgan fingerprint density at radius 2 is 1.83 bits per heavy atom. The average molecular weight is 330 g/mol. The van der Waals surface area contributed by atoms with Crippen LogP contribution in [0.15, 0.2) is 36.7 Å². The molecule has 0 saturated heterocycles. The van der Waals surface area contributed by atoms with E-state index in [1.165, 1.54) is 12.4 Å². The maximum absolute atomic E-state index is 11.8. The lowest BCUT2D eigenvalue weighted by molar-refractivity contribution is 0.0936. The smallest absolute Gasteiger partial charge is 0.254 e. The molecule has 1 amide bonds. The molecule has 1 heterocycles. The Bertz CT molecular complexity index is 642. The van der Waals surface area contributed by atoms with E-state index in [-0.39, 0.29) is 12.0 Å². The third-order valence-electron chi connectivity index (χ3n) is 2.99. The van der Waals surface area contributed by atoms with Gasteiger partial charge in [0.1, 0.15) is 5.75 Å². The number of hydrogen-bond acceptors (Lipinski definition) is 6. The van der Waals surface area contributed by atoms with E-state index in [4.69, 9.17) is 9.47 Å². The molecule has 7 nitrogen and oxygen atoms in total. The van der Waals surface area contributed by atoms with Crippen molar-refractivity contribution in [3.8, 4) is 5.75 Å². The van der Waals surface area contributed by atoms with Crippen LogP contribution in [0.2, 0.25) is 0 Å². The first kappa shape index (κ1) is 17.7. The second-order valence-corrected chi connectivity index (χ2v) is 5.36. The van der Waals surface area contributed by atoms with E-state index in [0.717, 1.165) is 11.4 Å². The predicted octanol–water partition coefficient (Wildman–Crippen LogP) is 2.38. The van der Waals surface area contributed by atoms with Gasteiger partial charge in [0.25, 0.3) is 5.91 Å². The van der Waals surface area contributed by atoms with Gasteiger partial charge in [0.2, 0.25) is 5.95 Å².